The smallest absolute Gasteiger partial charge is 0.193 e. The van der Waals surface area contributed by atoms with Crippen molar-refractivity contribution in [2.75, 3.05) is 0 Å². The van der Waals surface area contributed by atoms with Gasteiger partial charge >= 0.3 is 0 Å². The van der Waals surface area contributed by atoms with Crippen LogP contribution < -0.4 is 4.74 Å². The van der Waals surface area contributed by atoms with Crippen molar-refractivity contribution in [3.05, 3.63) is 64.2 Å². The van der Waals surface area contributed by atoms with Crippen LogP contribution in [0.1, 0.15) is 35.3 Å². The molecule has 2 aromatic carbocycles. The summed E-state index contributed by atoms with van der Waals surface area (Å²) in [6, 6.07) is 12.6. The molecule has 104 valence electrons. The summed E-state index contributed by atoms with van der Waals surface area (Å²) < 4.78 is 5.61. The molecule has 0 atom stereocenters. The number of carbonyl (C=O) groups is 1. The number of hydrogen-bond acceptors (Lipinski definition) is 2. The first-order chi connectivity index (χ1) is 9.45. The molecule has 0 amide bonds. The average molecular weight is 289 g/mol. The third-order valence-electron chi connectivity index (χ3n) is 2.77. The van der Waals surface area contributed by atoms with Crippen molar-refractivity contribution >= 4 is 17.4 Å². The second kappa shape index (κ2) is 6.10. The summed E-state index contributed by atoms with van der Waals surface area (Å²) in [5.41, 5.74) is 2.16. The van der Waals surface area contributed by atoms with E-state index in [4.69, 9.17) is 16.3 Å². The molecule has 0 aliphatic heterocycles. The Kier molecular flexibility index (Phi) is 4.46. The number of aryl methyl sites for hydroxylation is 1. The SMILES string of the molecule is Cc1cc(Cl)cc(C(=O)c2cccc(OC(C)C)c2)c1. The maximum absolute atomic E-state index is 12.5. The summed E-state index contributed by atoms with van der Waals surface area (Å²) in [5, 5.41) is 0.572. The van der Waals surface area contributed by atoms with Crippen LogP contribution in [0, 0.1) is 6.92 Å². The maximum atomic E-state index is 12.5. The molecule has 0 fully saturated rings. The lowest BCUT2D eigenvalue weighted by atomic mass is 10.0. The molecule has 0 saturated heterocycles. The number of benzene rings is 2. The molecule has 2 aromatic rings. The zero-order chi connectivity index (χ0) is 14.7. The van der Waals surface area contributed by atoms with Crippen LogP contribution in [0.4, 0.5) is 0 Å². The molecule has 0 N–H and O–H groups in total. The molecule has 2 nitrogen and oxygen atoms in total. The Morgan fingerprint density at radius 1 is 1.10 bits per heavy atom. The third-order valence-corrected chi connectivity index (χ3v) is 2.99. The molecule has 0 aromatic heterocycles. The fourth-order valence-corrected chi connectivity index (χ4v) is 2.31. The minimum absolute atomic E-state index is 0.0511. The van der Waals surface area contributed by atoms with E-state index in [1.54, 1.807) is 18.2 Å². The van der Waals surface area contributed by atoms with Crippen LogP contribution >= 0.6 is 11.6 Å². The Balaban J connectivity index is 2.33. The van der Waals surface area contributed by atoms with E-state index < -0.39 is 0 Å². The molecule has 0 saturated carbocycles. The molecule has 0 aliphatic rings. The number of hydrogen-bond donors (Lipinski definition) is 0. The average Bonchev–Trinajstić information content (AvgIpc) is 2.36. The zero-order valence-corrected chi connectivity index (χ0v) is 12.6. The van der Waals surface area contributed by atoms with Gasteiger partial charge in [-0.25, -0.2) is 0 Å². The molecular weight excluding hydrogens is 272 g/mol. The first-order valence-electron chi connectivity index (χ1n) is 6.54. The Morgan fingerprint density at radius 2 is 1.85 bits per heavy atom. The van der Waals surface area contributed by atoms with Crippen LogP contribution in [0.25, 0.3) is 0 Å². The van der Waals surface area contributed by atoms with Gasteiger partial charge in [0.1, 0.15) is 5.75 Å². The van der Waals surface area contributed by atoms with Crippen LogP contribution in [0.5, 0.6) is 5.75 Å². The second-order valence-corrected chi connectivity index (χ2v) is 5.48. The maximum Gasteiger partial charge on any atom is 0.193 e. The molecule has 3 heteroatoms. The lowest BCUT2D eigenvalue weighted by Gasteiger charge is -2.10. The Labute approximate surface area is 124 Å². The van der Waals surface area contributed by atoms with E-state index in [-0.39, 0.29) is 11.9 Å². The highest BCUT2D eigenvalue weighted by atomic mass is 35.5. The van der Waals surface area contributed by atoms with Crippen LogP contribution in [0.15, 0.2) is 42.5 Å². The summed E-state index contributed by atoms with van der Waals surface area (Å²) >= 11 is 6.00. The van der Waals surface area contributed by atoms with Gasteiger partial charge in [-0.15, -0.1) is 0 Å². The van der Waals surface area contributed by atoms with Gasteiger partial charge in [0, 0.05) is 16.1 Å². The fourth-order valence-electron chi connectivity index (χ4n) is 2.02. The molecular formula is C17H17ClO2. The number of halogens is 1. The van der Waals surface area contributed by atoms with E-state index in [1.165, 1.54) is 0 Å². The number of rotatable bonds is 4. The van der Waals surface area contributed by atoms with Crippen LogP contribution in [-0.2, 0) is 0 Å². The normalized spacial score (nSPS) is 10.7. The Hall–Kier alpha value is -1.80. The van der Waals surface area contributed by atoms with Crippen molar-refractivity contribution in [1.82, 2.24) is 0 Å². The summed E-state index contributed by atoms with van der Waals surface area (Å²) in [6.07, 6.45) is 0.0776. The van der Waals surface area contributed by atoms with Gasteiger partial charge in [0.25, 0.3) is 0 Å². The van der Waals surface area contributed by atoms with Gasteiger partial charge in [0.2, 0.25) is 0 Å². The largest absolute Gasteiger partial charge is 0.491 e. The number of ketones is 1. The van der Waals surface area contributed by atoms with Crippen LogP contribution in [0.3, 0.4) is 0 Å². The minimum Gasteiger partial charge on any atom is -0.491 e. The molecule has 20 heavy (non-hydrogen) atoms. The first kappa shape index (κ1) is 14.6. The quantitative estimate of drug-likeness (QED) is 0.765. The predicted molar refractivity (Wildman–Crippen MR) is 81.8 cm³/mol. The minimum atomic E-state index is -0.0511. The van der Waals surface area contributed by atoms with Crippen molar-refractivity contribution in [2.24, 2.45) is 0 Å². The number of ether oxygens (including phenoxy) is 1. The van der Waals surface area contributed by atoms with Gasteiger partial charge in [-0.2, -0.15) is 0 Å². The summed E-state index contributed by atoms with van der Waals surface area (Å²) in [5.74, 6) is 0.648. The van der Waals surface area contributed by atoms with Crippen molar-refractivity contribution in [1.29, 1.82) is 0 Å². The predicted octanol–water partition coefficient (Wildman–Crippen LogP) is 4.67. The molecule has 0 radical (unpaired) electrons. The van der Waals surface area contributed by atoms with E-state index in [0.29, 0.717) is 21.9 Å². The van der Waals surface area contributed by atoms with Gasteiger partial charge in [0.05, 0.1) is 6.10 Å². The third kappa shape index (κ3) is 3.61. The highest BCUT2D eigenvalue weighted by molar-refractivity contribution is 6.31. The highest BCUT2D eigenvalue weighted by Gasteiger charge is 2.11. The Bertz CT molecular complexity index is 612. The van der Waals surface area contributed by atoms with Crippen molar-refractivity contribution in [2.45, 2.75) is 26.9 Å². The molecule has 0 heterocycles. The van der Waals surface area contributed by atoms with Crippen molar-refractivity contribution in [3.63, 3.8) is 0 Å². The molecule has 0 bridgehead atoms. The van der Waals surface area contributed by atoms with Gasteiger partial charge in [-0.1, -0.05) is 23.7 Å². The Morgan fingerprint density at radius 3 is 2.50 bits per heavy atom. The first-order valence-corrected chi connectivity index (χ1v) is 6.92. The number of carbonyl (C=O) groups excluding carboxylic acids is 1. The highest BCUT2D eigenvalue weighted by Crippen LogP contribution is 2.21. The van der Waals surface area contributed by atoms with Gasteiger partial charge in [-0.05, 0) is 56.7 Å². The lowest BCUT2D eigenvalue weighted by Crippen LogP contribution is -2.07. The van der Waals surface area contributed by atoms with Crippen LogP contribution in [0.2, 0.25) is 5.02 Å². The van der Waals surface area contributed by atoms with Crippen LogP contribution in [-0.4, -0.2) is 11.9 Å². The van der Waals surface area contributed by atoms with E-state index >= 15 is 0 Å². The molecule has 2 rings (SSSR count). The van der Waals surface area contributed by atoms with Crippen molar-refractivity contribution < 1.29 is 9.53 Å². The van der Waals surface area contributed by atoms with E-state index in [9.17, 15) is 4.79 Å². The topological polar surface area (TPSA) is 26.3 Å². The fraction of sp³-hybridized carbons (Fsp3) is 0.235. The van der Waals surface area contributed by atoms with Gasteiger partial charge in [-0.3, -0.25) is 4.79 Å². The van der Waals surface area contributed by atoms with E-state index in [0.717, 1.165) is 5.56 Å². The van der Waals surface area contributed by atoms with Gasteiger partial charge in [0.15, 0.2) is 5.78 Å². The second-order valence-electron chi connectivity index (χ2n) is 5.04. The van der Waals surface area contributed by atoms with Crippen molar-refractivity contribution in [3.8, 4) is 5.75 Å². The summed E-state index contributed by atoms with van der Waals surface area (Å²) in [4.78, 5) is 12.5. The summed E-state index contributed by atoms with van der Waals surface area (Å²) in [6.45, 7) is 5.82. The summed E-state index contributed by atoms with van der Waals surface area (Å²) in [7, 11) is 0. The lowest BCUT2D eigenvalue weighted by molar-refractivity contribution is 0.103. The van der Waals surface area contributed by atoms with E-state index in [2.05, 4.69) is 0 Å². The molecule has 0 spiro atoms. The molecule has 0 aliphatic carbocycles. The zero-order valence-electron chi connectivity index (χ0n) is 11.8. The standard InChI is InChI=1S/C17H17ClO2/c1-11(2)20-16-6-4-5-13(10-16)17(19)14-7-12(3)8-15(18)9-14/h4-11H,1-3H3. The monoisotopic (exact) mass is 288 g/mol. The van der Waals surface area contributed by atoms with Gasteiger partial charge < -0.3 is 4.74 Å². The molecule has 0 unspecified atom stereocenters. The van der Waals surface area contributed by atoms with E-state index in [1.807, 2.05) is 45.0 Å².